The Morgan fingerprint density at radius 1 is 1.24 bits per heavy atom. The molecule has 4 rings (SSSR count). The molecule has 1 fully saturated rings. The fraction of sp³-hybridized carbons (Fsp3) is 0.263. The highest BCUT2D eigenvalue weighted by molar-refractivity contribution is 7.14. The van der Waals surface area contributed by atoms with Crippen molar-refractivity contribution < 1.29 is 9.53 Å². The van der Waals surface area contributed by atoms with Crippen molar-refractivity contribution in [2.45, 2.75) is 25.4 Å². The molecule has 2 aromatic heterocycles. The minimum Gasteiger partial charge on any atom is -0.497 e. The first-order chi connectivity index (χ1) is 12.2. The maximum absolute atomic E-state index is 13.0. The van der Waals surface area contributed by atoms with Gasteiger partial charge in [0.05, 0.1) is 7.11 Å². The molecule has 25 heavy (non-hydrogen) atoms. The Morgan fingerprint density at radius 2 is 2.04 bits per heavy atom. The summed E-state index contributed by atoms with van der Waals surface area (Å²) in [7, 11) is 1.66. The van der Waals surface area contributed by atoms with E-state index in [-0.39, 0.29) is 5.91 Å². The fourth-order valence-corrected chi connectivity index (χ4v) is 4.22. The minimum absolute atomic E-state index is 0.0241. The molecule has 1 aromatic carbocycles. The van der Waals surface area contributed by atoms with Crippen LogP contribution in [0.25, 0.3) is 10.6 Å². The lowest BCUT2D eigenvalue weighted by molar-refractivity contribution is 0.0725. The van der Waals surface area contributed by atoms with Gasteiger partial charge in [0.25, 0.3) is 5.91 Å². The summed E-state index contributed by atoms with van der Waals surface area (Å²) in [6, 6.07) is 10.3. The minimum atomic E-state index is 0.0241. The molecule has 3 aromatic rings. The van der Waals surface area contributed by atoms with Gasteiger partial charge in [0, 0.05) is 28.9 Å². The molecule has 0 saturated heterocycles. The molecule has 0 aliphatic heterocycles. The van der Waals surface area contributed by atoms with Crippen molar-refractivity contribution in [3.8, 4) is 16.3 Å². The van der Waals surface area contributed by atoms with Crippen LogP contribution in [-0.4, -0.2) is 28.9 Å². The third kappa shape index (κ3) is 3.60. The fourth-order valence-electron chi connectivity index (χ4n) is 2.72. The first-order valence-corrected chi connectivity index (χ1v) is 9.99. The van der Waals surface area contributed by atoms with Crippen LogP contribution in [0.1, 0.15) is 28.9 Å². The first kappa shape index (κ1) is 16.3. The van der Waals surface area contributed by atoms with E-state index in [2.05, 4.69) is 10.4 Å². The third-order valence-electron chi connectivity index (χ3n) is 4.25. The van der Waals surface area contributed by atoms with E-state index in [0.717, 1.165) is 34.7 Å². The summed E-state index contributed by atoms with van der Waals surface area (Å²) in [5.41, 5.74) is 2.74. The van der Waals surface area contributed by atoms with Crippen LogP contribution in [0.3, 0.4) is 0 Å². The lowest BCUT2D eigenvalue weighted by Crippen LogP contribution is -2.32. The lowest BCUT2D eigenvalue weighted by atomic mass is 10.2. The number of benzene rings is 1. The SMILES string of the molecule is COc1ccc(CN(C(=O)c2csc(-c3ccsc3)n2)C2CC2)cc1. The Hall–Kier alpha value is -2.18. The van der Waals surface area contributed by atoms with Crippen molar-refractivity contribution in [3.63, 3.8) is 0 Å². The molecule has 0 bridgehead atoms. The van der Waals surface area contributed by atoms with Crippen LogP contribution < -0.4 is 4.74 Å². The van der Waals surface area contributed by atoms with Crippen LogP contribution in [-0.2, 0) is 6.54 Å². The predicted molar refractivity (Wildman–Crippen MR) is 101 cm³/mol. The van der Waals surface area contributed by atoms with Gasteiger partial charge in [0.15, 0.2) is 0 Å². The normalized spacial score (nSPS) is 13.6. The van der Waals surface area contributed by atoms with E-state index < -0.39 is 0 Å². The number of rotatable bonds is 6. The van der Waals surface area contributed by atoms with Gasteiger partial charge in [-0.3, -0.25) is 4.79 Å². The van der Waals surface area contributed by atoms with Crippen molar-refractivity contribution in [2.75, 3.05) is 7.11 Å². The number of nitrogens with zero attached hydrogens (tertiary/aromatic N) is 2. The van der Waals surface area contributed by atoms with E-state index in [4.69, 9.17) is 4.74 Å². The standard InChI is InChI=1S/C19H18N2O2S2/c1-23-16-6-2-13(3-7-16)10-21(15-4-5-15)19(22)17-12-25-18(20-17)14-8-9-24-11-14/h2-3,6-9,11-12,15H,4-5,10H2,1H3. The van der Waals surface area contributed by atoms with Gasteiger partial charge in [-0.05, 0) is 42.0 Å². The molecule has 0 N–H and O–H groups in total. The molecular weight excluding hydrogens is 352 g/mol. The summed E-state index contributed by atoms with van der Waals surface area (Å²) < 4.78 is 5.20. The van der Waals surface area contributed by atoms with Crippen LogP contribution in [0.5, 0.6) is 5.75 Å². The average Bonchev–Trinajstić information content (AvgIpc) is 3.13. The number of amides is 1. The molecule has 128 valence electrons. The Labute approximate surface area is 154 Å². The maximum atomic E-state index is 13.0. The summed E-state index contributed by atoms with van der Waals surface area (Å²) in [4.78, 5) is 19.5. The number of aromatic nitrogens is 1. The number of ether oxygens (including phenoxy) is 1. The van der Waals surface area contributed by atoms with Gasteiger partial charge < -0.3 is 9.64 Å². The molecule has 0 unspecified atom stereocenters. The number of thiazole rings is 1. The summed E-state index contributed by atoms with van der Waals surface area (Å²) in [5.74, 6) is 0.851. The van der Waals surface area contributed by atoms with Gasteiger partial charge in [-0.25, -0.2) is 4.98 Å². The summed E-state index contributed by atoms with van der Waals surface area (Å²) in [6.45, 7) is 0.610. The maximum Gasteiger partial charge on any atom is 0.273 e. The number of hydrogen-bond acceptors (Lipinski definition) is 5. The highest BCUT2D eigenvalue weighted by Crippen LogP contribution is 2.32. The molecule has 4 nitrogen and oxygen atoms in total. The zero-order chi connectivity index (χ0) is 17.2. The lowest BCUT2D eigenvalue weighted by Gasteiger charge is -2.21. The van der Waals surface area contributed by atoms with Crippen LogP contribution in [0, 0.1) is 0 Å². The Bertz CT molecular complexity index is 852. The molecular formula is C19H18N2O2S2. The van der Waals surface area contributed by atoms with E-state index in [1.165, 1.54) is 11.3 Å². The molecule has 1 aliphatic carbocycles. The van der Waals surface area contributed by atoms with E-state index >= 15 is 0 Å². The second-order valence-electron chi connectivity index (χ2n) is 6.06. The Balaban J connectivity index is 1.53. The second kappa shape index (κ2) is 6.98. The van der Waals surface area contributed by atoms with Crippen molar-refractivity contribution in [1.82, 2.24) is 9.88 Å². The van der Waals surface area contributed by atoms with Crippen LogP contribution in [0.2, 0.25) is 0 Å². The molecule has 0 atom stereocenters. The quantitative estimate of drug-likeness (QED) is 0.632. The molecule has 1 amide bonds. The zero-order valence-corrected chi connectivity index (χ0v) is 15.5. The van der Waals surface area contributed by atoms with Crippen LogP contribution in [0.4, 0.5) is 0 Å². The number of methoxy groups -OCH3 is 1. The zero-order valence-electron chi connectivity index (χ0n) is 13.8. The van der Waals surface area contributed by atoms with E-state index in [9.17, 15) is 4.79 Å². The van der Waals surface area contributed by atoms with E-state index in [1.54, 1.807) is 18.4 Å². The van der Waals surface area contributed by atoms with Crippen LogP contribution >= 0.6 is 22.7 Å². The molecule has 1 saturated carbocycles. The number of hydrogen-bond donors (Lipinski definition) is 0. The first-order valence-electron chi connectivity index (χ1n) is 8.16. The second-order valence-corrected chi connectivity index (χ2v) is 7.70. The highest BCUT2D eigenvalue weighted by Gasteiger charge is 2.34. The van der Waals surface area contributed by atoms with Crippen molar-refractivity contribution >= 4 is 28.6 Å². The monoisotopic (exact) mass is 370 g/mol. The Morgan fingerprint density at radius 3 is 2.68 bits per heavy atom. The molecule has 0 radical (unpaired) electrons. The summed E-state index contributed by atoms with van der Waals surface area (Å²) in [5, 5.41) is 6.87. The number of thiophene rings is 1. The van der Waals surface area contributed by atoms with E-state index in [0.29, 0.717) is 18.3 Å². The Kier molecular flexibility index (Phi) is 4.55. The van der Waals surface area contributed by atoms with Gasteiger partial charge in [0.1, 0.15) is 16.5 Å². The van der Waals surface area contributed by atoms with Gasteiger partial charge in [-0.15, -0.1) is 11.3 Å². The number of carbonyl (C=O) groups excluding carboxylic acids is 1. The van der Waals surface area contributed by atoms with Crippen molar-refractivity contribution in [3.05, 3.63) is 57.7 Å². The third-order valence-corrected chi connectivity index (χ3v) is 5.83. The van der Waals surface area contributed by atoms with Gasteiger partial charge in [-0.2, -0.15) is 11.3 Å². The summed E-state index contributed by atoms with van der Waals surface area (Å²) in [6.07, 6.45) is 2.15. The predicted octanol–water partition coefficient (Wildman–Crippen LogP) is 4.69. The molecule has 2 heterocycles. The number of carbonyl (C=O) groups is 1. The van der Waals surface area contributed by atoms with Gasteiger partial charge in [-0.1, -0.05) is 12.1 Å². The van der Waals surface area contributed by atoms with Crippen molar-refractivity contribution in [2.24, 2.45) is 0 Å². The smallest absolute Gasteiger partial charge is 0.273 e. The molecule has 1 aliphatic rings. The summed E-state index contributed by atoms with van der Waals surface area (Å²) >= 11 is 3.17. The van der Waals surface area contributed by atoms with Crippen molar-refractivity contribution in [1.29, 1.82) is 0 Å². The average molecular weight is 370 g/mol. The van der Waals surface area contributed by atoms with E-state index in [1.807, 2.05) is 46.0 Å². The van der Waals surface area contributed by atoms with Crippen LogP contribution in [0.15, 0.2) is 46.5 Å². The van der Waals surface area contributed by atoms with Gasteiger partial charge >= 0.3 is 0 Å². The van der Waals surface area contributed by atoms with Gasteiger partial charge in [0.2, 0.25) is 0 Å². The largest absolute Gasteiger partial charge is 0.497 e. The topological polar surface area (TPSA) is 42.4 Å². The molecule has 0 spiro atoms. The molecule has 6 heteroatoms. The highest BCUT2D eigenvalue weighted by atomic mass is 32.1.